The molecule has 1 N–H and O–H groups in total. The number of nitrogens with one attached hydrogen (secondary N) is 1. The van der Waals surface area contributed by atoms with Gasteiger partial charge in [-0.25, -0.2) is 26.9 Å². The molecular formula is C20H15F5N3O. The van der Waals surface area contributed by atoms with E-state index >= 15 is 0 Å². The Morgan fingerprint density at radius 2 is 1.48 bits per heavy atom. The van der Waals surface area contributed by atoms with Crippen LogP contribution in [0.1, 0.15) is 12.8 Å². The summed E-state index contributed by atoms with van der Waals surface area (Å²) >= 11 is 0. The number of para-hydroxylation sites is 1. The van der Waals surface area contributed by atoms with E-state index in [2.05, 4.69) is 10.3 Å². The molecule has 151 valence electrons. The number of anilines is 2. The van der Waals surface area contributed by atoms with Gasteiger partial charge in [0.1, 0.15) is 17.0 Å². The molecule has 0 bridgehead atoms. The number of hydrogen-bond donors (Lipinski definition) is 1. The number of aromatic nitrogens is 1. The maximum Gasteiger partial charge on any atom is 0.204 e. The summed E-state index contributed by atoms with van der Waals surface area (Å²) in [5, 5.41) is 15.1. The summed E-state index contributed by atoms with van der Waals surface area (Å²) in [4.78, 5) is 6.31. The van der Waals surface area contributed by atoms with Crippen LogP contribution in [0.2, 0.25) is 0 Å². The second-order valence-electron chi connectivity index (χ2n) is 6.85. The minimum atomic E-state index is -2.18. The first-order chi connectivity index (χ1) is 13.9. The van der Waals surface area contributed by atoms with Gasteiger partial charge in [0.05, 0.1) is 0 Å². The molecule has 9 heteroatoms. The molecule has 2 aromatic carbocycles. The Morgan fingerprint density at radius 3 is 2.14 bits per heavy atom. The third-order valence-electron chi connectivity index (χ3n) is 5.05. The van der Waals surface area contributed by atoms with Crippen molar-refractivity contribution in [2.24, 2.45) is 0 Å². The van der Waals surface area contributed by atoms with Crippen molar-refractivity contribution in [2.45, 2.75) is 18.9 Å². The maximum absolute atomic E-state index is 13.9. The second-order valence-corrected chi connectivity index (χ2v) is 6.85. The minimum absolute atomic E-state index is 0.188. The van der Waals surface area contributed by atoms with Crippen molar-refractivity contribution < 1.29 is 27.1 Å². The van der Waals surface area contributed by atoms with Gasteiger partial charge in [-0.3, -0.25) is 5.11 Å². The summed E-state index contributed by atoms with van der Waals surface area (Å²) in [7, 11) is 0. The average molecular weight is 408 g/mol. The highest BCUT2D eigenvalue weighted by Crippen LogP contribution is 2.30. The molecule has 1 aliphatic rings. The fourth-order valence-corrected chi connectivity index (χ4v) is 3.47. The standard InChI is InChI=1S/C20H15F5N3O/c21-14-15(22)17(24)20(18(25)16(14)23)26-11-6-8-28(9-7-11)13-5-4-10-2-1-3-12(29)19(10)27-13/h1-5,11,26H,6-9H2. The molecule has 2 heterocycles. The van der Waals surface area contributed by atoms with E-state index in [1.165, 1.54) is 6.07 Å². The van der Waals surface area contributed by atoms with Crippen molar-refractivity contribution in [1.29, 1.82) is 0 Å². The average Bonchev–Trinajstić information content (AvgIpc) is 2.74. The molecule has 0 aliphatic carbocycles. The SMILES string of the molecule is [O]c1cccc2ccc(N3CCC(Nc4c(F)c(F)c(F)c(F)c4F)CC3)nc12. The molecule has 1 aliphatic heterocycles. The van der Waals surface area contributed by atoms with Crippen LogP contribution >= 0.6 is 0 Å². The number of hydrogen-bond acceptors (Lipinski definition) is 3. The molecule has 1 aromatic heterocycles. The molecule has 0 amide bonds. The van der Waals surface area contributed by atoms with Crippen molar-refractivity contribution in [3.05, 3.63) is 59.4 Å². The van der Waals surface area contributed by atoms with E-state index in [9.17, 15) is 27.1 Å². The highest BCUT2D eigenvalue weighted by molar-refractivity contribution is 5.85. The molecule has 1 radical (unpaired) electrons. The van der Waals surface area contributed by atoms with E-state index in [1.54, 1.807) is 24.3 Å². The van der Waals surface area contributed by atoms with Crippen LogP contribution in [0, 0.1) is 29.1 Å². The smallest absolute Gasteiger partial charge is 0.204 e. The highest BCUT2D eigenvalue weighted by atomic mass is 19.2. The van der Waals surface area contributed by atoms with Crippen LogP contribution in [-0.4, -0.2) is 24.1 Å². The van der Waals surface area contributed by atoms with Gasteiger partial charge in [0, 0.05) is 24.5 Å². The van der Waals surface area contributed by atoms with Gasteiger partial charge in [-0.1, -0.05) is 12.1 Å². The summed E-state index contributed by atoms with van der Waals surface area (Å²) in [5.74, 6) is -9.47. The first-order valence-corrected chi connectivity index (χ1v) is 8.96. The molecule has 4 nitrogen and oxygen atoms in total. The predicted molar refractivity (Wildman–Crippen MR) is 97.0 cm³/mol. The Balaban J connectivity index is 1.49. The minimum Gasteiger partial charge on any atom is -0.377 e. The van der Waals surface area contributed by atoms with Crippen molar-refractivity contribution in [3.8, 4) is 5.75 Å². The Morgan fingerprint density at radius 1 is 0.862 bits per heavy atom. The van der Waals surface area contributed by atoms with Gasteiger partial charge in [0.25, 0.3) is 0 Å². The lowest BCUT2D eigenvalue weighted by Crippen LogP contribution is -2.40. The summed E-state index contributed by atoms with van der Waals surface area (Å²) in [5.41, 5.74) is -0.661. The third kappa shape index (κ3) is 3.41. The van der Waals surface area contributed by atoms with Crippen molar-refractivity contribution in [2.75, 3.05) is 23.3 Å². The molecule has 1 fully saturated rings. The first-order valence-electron chi connectivity index (χ1n) is 8.96. The molecular weight excluding hydrogens is 393 g/mol. The zero-order valence-electron chi connectivity index (χ0n) is 15.0. The van der Waals surface area contributed by atoms with Crippen LogP contribution in [0.3, 0.4) is 0 Å². The monoisotopic (exact) mass is 408 g/mol. The molecule has 1 saturated heterocycles. The van der Waals surface area contributed by atoms with Gasteiger partial charge in [-0.15, -0.1) is 0 Å². The normalized spacial score (nSPS) is 15.1. The summed E-state index contributed by atoms with van der Waals surface area (Å²) < 4.78 is 67.6. The Bertz CT molecular complexity index is 1050. The Kier molecular flexibility index (Phi) is 4.89. The molecule has 3 aromatic rings. The van der Waals surface area contributed by atoms with Gasteiger partial charge in [-0.2, -0.15) is 0 Å². The van der Waals surface area contributed by atoms with Gasteiger partial charge >= 0.3 is 0 Å². The topological polar surface area (TPSA) is 48.1 Å². The van der Waals surface area contributed by atoms with E-state index in [0.717, 1.165) is 5.39 Å². The fraction of sp³-hybridized carbons (Fsp3) is 0.250. The molecule has 0 saturated carbocycles. The van der Waals surface area contributed by atoms with Gasteiger partial charge in [-0.05, 0) is 31.0 Å². The van der Waals surface area contributed by atoms with Crippen LogP contribution in [0.15, 0.2) is 30.3 Å². The number of piperidine rings is 1. The largest absolute Gasteiger partial charge is 0.377 e. The quantitative estimate of drug-likeness (QED) is 0.370. The zero-order chi connectivity index (χ0) is 20.7. The second kappa shape index (κ2) is 7.38. The zero-order valence-corrected chi connectivity index (χ0v) is 15.0. The number of rotatable bonds is 3. The van der Waals surface area contributed by atoms with E-state index in [-0.39, 0.29) is 5.75 Å². The Labute approximate surface area is 162 Å². The number of halogens is 5. The summed E-state index contributed by atoms with van der Waals surface area (Å²) in [6.45, 7) is 0.874. The van der Waals surface area contributed by atoms with Crippen molar-refractivity contribution in [3.63, 3.8) is 0 Å². The highest BCUT2D eigenvalue weighted by Gasteiger charge is 2.28. The number of nitrogens with zero attached hydrogens (tertiary/aromatic N) is 2. The van der Waals surface area contributed by atoms with Crippen LogP contribution in [0.5, 0.6) is 5.75 Å². The lowest BCUT2D eigenvalue weighted by atomic mass is 10.0. The van der Waals surface area contributed by atoms with Crippen molar-refractivity contribution in [1.82, 2.24) is 4.98 Å². The van der Waals surface area contributed by atoms with Crippen LogP contribution in [-0.2, 0) is 5.11 Å². The molecule has 0 atom stereocenters. The summed E-state index contributed by atoms with van der Waals surface area (Å²) in [6, 6.07) is 7.96. The van der Waals surface area contributed by atoms with Crippen LogP contribution in [0.25, 0.3) is 10.9 Å². The van der Waals surface area contributed by atoms with Crippen LogP contribution in [0.4, 0.5) is 33.5 Å². The van der Waals surface area contributed by atoms with Gasteiger partial charge < -0.3 is 10.2 Å². The number of benzene rings is 2. The fourth-order valence-electron chi connectivity index (χ4n) is 3.47. The lowest BCUT2D eigenvalue weighted by molar-refractivity contribution is 0.359. The van der Waals surface area contributed by atoms with E-state index in [4.69, 9.17) is 0 Å². The van der Waals surface area contributed by atoms with Gasteiger partial charge in [0.15, 0.2) is 23.3 Å². The first kappa shape index (κ1) is 19.2. The predicted octanol–water partition coefficient (Wildman–Crippen LogP) is 5.16. The van der Waals surface area contributed by atoms with Gasteiger partial charge in [0.2, 0.25) is 11.6 Å². The van der Waals surface area contributed by atoms with Crippen LogP contribution < -0.4 is 10.2 Å². The summed E-state index contributed by atoms with van der Waals surface area (Å²) in [6.07, 6.45) is 0.774. The number of fused-ring (bicyclic) bond motifs is 1. The molecule has 0 unspecified atom stereocenters. The van der Waals surface area contributed by atoms with E-state index < -0.39 is 40.8 Å². The van der Waals surface area contributed by atoms with E-state index in [1.807, 2.05) is 4.90 Å². The van der Waals surface area contributed by atoms with Crippen molar-refractivity contribution >= 4 is 22.4 Å². The molecule has 4 rings (SSSR count). The lowest BCUT2D eigenvalue weighted by Gasteiger charge is -2.33. The maximum atomic E-state index is 13.9. The number of pyridine rings is 1. The Hall–Kier alpha value is -3.10. The third-order valence-corrected chi connectivity index (χ3v) is 5.05. The molecule has 29 heavy (non-hydrogen) atoms. The van der Waals surface area contributed by atoms with E-state index in [0.29, 0.717) is 37.3 Å². The molecule has 0 spiro atoms.